The summed E-state index contributed by atoms with van der Waals surface area (Å²) in [6, 6.07) is 3.18. The molecular weight excluding hydrogens is 394 g/mol. The summed E-state index contributed by atoms with van der Waals surface area (Å²) in [5.74, 6) is 0.226. The average molecular weight is 428 g/mol. The summed E-state index contributed by atoms with van der Waals surface area (Å²) in [6.45, 7) is 6.44. The summed E-state index contributed by atoms with van der Waals surface area (Å²) in [7, 11) is -2.12. The summed E-state index contributed by atoms with van der Waals surface area (Å²) < 4.78 is 44.3. The minimum Gasteiger partial charge on any atom is -0.497 e. The number of rotatable bonds is 10. The molecule has 1 atom stereocenters. The number of benzene rings is 1. The molecule has 2 rings (SSSR count). The molecule has 0 saturated carbocycles. The van der Waals surface area contributed by atoms with Crippen LogP contribution in [0.3, 0.4) is 0 Å². The molecule has 0 radical (unpaired) electrons. The van der Waals surface area contributed by atoms with E-state index >= 15 is 0 Å². The molecule has 1 heterocycles. The molecule has 1 aromatic rings. The fourth-order valence-corrected chi connectivity index (χ4v) is 5.75. The highest BCUT2D eigenvalue weighted by atomic mass is 32.2. The lowest BCUT2D eigenvalue weighted by Crippen LogP contribution is -2.46. The zero-order valence-corrected chi connectivity index (χ0v) is 18.7. The maximum atomic E-state index is 13.4. The Hall–Kier alpha value is -1.64. The third-order valence-electron chi connectivity index (χ3n) is 5.10. The van der Waals surface area contributed by atoms with Crippen molar-refractivity contribution in [2.45, 2.75) is 63.8 Å². The Morgan fingerprint density at radius 2 is 1.90 bits per heavy atom. The summed E-state index contributed by atoms with van der Waals surface area (Å²) in [5, 5.41) is 0. The van der Waals surface area contributed by atoms with Crippen LogP contribution in [0.2, 0.25) is 0 Å². The molecule has 164 valence electrons. The number of hydrogen-bond donors (Lipinski definition) is 0. The number of aryl methyl sites for hydroxylation is 2. The largest absolute Gasteiger partial charge is 0.497 e. The van der Waals surface area contributed by atoms with Crippen LogP contribution in [0, 0.1) is 13.8 Å². The molecule has 0 N–H and O–H groups in total. The highest BCUT2D eigenvalue weighted by Crippen LogP contribution is 2.31. The van der Waals surface area contributed by atoms with Gasteiger partial charge >= 0.3 is 5.97 Å². The van der Waals surface area contributed by atoms with Crippen LogP contribution in [0.4, 0.5) is 0 Å². The van der Waals surface area contributed by atoms with Crippen LogP contribution in [0.1, 0.15) is 50.2 Å². The van der Waals surface area contributed by atoms with Gasteiger partial charge in [-0.3, -0.25) is 0 Å². The Morgan fingerprint density at radius 1 is 1.21 bits per heavy atom. The van der Waals surface area contributed by atoms with E-state index in [1.54, 1.807) is 33.1 Å². The molecule has 0 aliphatic carbocycles. The van der Waals surface area contributed by atoms with Crippen LogP contribution < -0.4 is 4.74 Å². The highest BCUT2D eigenvalue weighted by molar-refractivity contribution is 7.89. The lowest BCUT2D eigenvalue weighted by atomic mass is 10.1. The van der Waals surface area contributed by atoms with Gasteiger partial charge in [0, 0.05) is 12.6 Å². The fourth-order valence-electron chi connectivity index (χ4n) is 3.66. The first-order valence-corrected chi connectivity index (χ1v) is 11.7. The van der Waals surface area contributed by atoms with Gasteiger partial charge in [0.25, 0.3) is 0 Å². The molecule has 0 bridgehead atoms. The number of unbranched alkanes of at least 4 members (excludes halogenated alkanes) is 1. The maximum Gasteiger partial charge on any atom is 0.332 e. The summed E-state index contributed by atoms with van der Waals surface area (Å²) in [6.07, 6.45) is 4.22. The monoisotopic (exact) mass is 427 g/mol. The van der Waals surface area contributed by atoms with Gasteiger partial charge in [-0.05, 0) is 56.4 Å². The molecule has 1 fully saturated rings. The van der Waals surface area contributed by atoms with E-state index in [9.17, 15) is 13.2 Å². The molecule has 0 spiro atoms. The van der Waals surface area contributed by atoms with Crippen molar-refractivity contribution in [3.8, 4) is 5.75 Å². The average Bonchev–Trinajstić information content (AvgIpc) is 2.67. The zero-order chi connectivity index (χ0) is 21.4. The Labute approximate surface area is 174 Å². The van der Waals surface area contributed by atoms with Crippen molar-refractivity contribution < 1.29 is 27.4 Å². The molecular formula is C21H33NO6S. The van der Waals surface area contributed by atoms with Crippen molar-refractivity contribution in [3.05, 3.63) is 23.3 Å². The SMILES string of the molecule is CCCCOC(=O)COCC1CCCCN1S(=O)(=O)c1c(C)cc(OC)cc1C. The fraction of sp³-hybridized carbons (Fsp3) is 0.667. The van der Waals surface area contributed by atoms with Gasteiger partial charge in [0.2, 0.25) is 10.0 Å². The maximum absolute atomic E-state index is 13.4. The van der Waals surface area contributed by atoms with E-state index in [0.717, 1.165) is 25.7 Å². The highest BCUT2D eigenvalue weighted by Gasteiger charge is 2.35. The van der Waals surface area contributed by atoms with Gasteiger partial charge in [0.15, 0.2) is 0 Å². The van der Waals surface area contributed by atoms with Crippen molar-refractivity contribution in [1.29, 1.82) is 0 Å². The minimum atomic E-state index is -3.68. The third-order valence-corrected chi connectivity index (χ3v) is 7.36. The summed E-state index contributed by atoms with van der Waals surface area (Å²) >= 11 is 0. The number of carbonyl (C=O) groups is 1. The molecule has 1 unspecified atom stereocenters. The number of nitrogens with zero attached hydrogens (tertiary/aromatic N) is 1. The van der Waals surface area contributed by atoms with Gasteiger partial charge < -0.3 is 14.2 Å². The summed E-state index contributed by atoms with van der Waals surface area (Å²) in [5.41, 5.74) is 1.32. The molecule has 0 aromatic heterocycles. The lowest BCUT2D eigenvalue weighted by Gasteiger charge is -2.35. The van der Waals surface area contributed by atoms with E-state index in [-0.39, 0.29) is 19.3 Å². The standard InChI is InChI=1S/C21H33NO6S/c1-5-6-11-28-20(23)15-27-14-18-9-7-8-10-22(18)29(24,25)21-16(2)12-19(26-4)13-17(21)3/h12-13,18H,5-11,14-15H2,1-4H3. The van der Waals surface area contributed by atoms with Gasteiger partial charge in [-0.25, -0.2) is 13.2 Å². The van der Waals surface area contributed by atoms with E-state index in [1.807, 2.05) is 6.92 Å². The minimum absolute atomic E-state index is 0.158. The second-order valence-electron chi connectivity index (χ2n) is 7.44. The van der Waals surface area contributed by atoms with Crippen LogP contribution in [0.15, 0.2) is 17.0 Å². The molecule has 7 nitrogen and oxygen atoms in total. The number of esters is 1. The van der Waals surface area contributed by atoms with Crippen molar-refractivity contribution >= 4 is 16.0 Å². The first-order chi connectivity index (χ1) is 13.8. The van der Waals surface area contributed by atoms with E-state index in [4.69, 9.17) is 14.2 Å². The molecule has 1 saturated heterocycles. The van der Waals surface area contributed by atoms with Crippen LogP contribution in [-0.2, 0) is 24.3 Å². The van der Waals surface area contributed by atoms with Crippen molar-refractivity contribution in [3.63, 3.8) is 0 Å². The van der Waals surface area contributed by atoms with Crippen molar-refractivity contribution in [2.24, 2.45) is 0 Å². The molecule has 1 aromatic carbocycles. The number of carbonyl (C=O) groups excluding carboxylic acids is 1. The van der Waals surface area contributed by atoms with Crippen molar-refractivity contribution in [2.75, 3.05) is 33.5 Å². The van der Waals surface area contributed by atoms with Gasteiger partial charge in [0.05, 0.1) is 25.2 Å². The Balaban J connectivity index is 2.09. The first-order valence-electron chi connectivity index (χ1n) is 10.2. The molecule has 29 heavy (non-hydrogen) atoms. The van der Waals surface area contributed by atoms with Gasteiger partial charge in [-0.2, -0.15) is 4.31 Å². The first kappa shape index (κ1) is 23.6. The molecule has 0 amide bonds. The van der Waals surface area contributed by atoms with Crippen LogP contribution in [0.25, 0.3) is 0 Å². The van der Waals surface area contributed by atoms with Gasteiger partial charge in [0.1, 0.15) is 12.4 Å². The number of ether oxygens (including phenoxy) is 3. The molecule has 1 aliphatic heterocycles. The van der Waals surface area contributed by atoms with E-state index in [0.29, 0.717) is 41.3 Å². The topological polar surface area (TPSA) is 82.1 Å². The predicted octanol–water partition coefficient (Wildman–Crippen LogP) is 3.22. The third kappa shape index (κ3) is 6.17. The molecule has 8 heteroatoms. The zero-order valence-electron chi connectivity index (χ0n) is 17.9. The smallest absolute Gasteiger partial charge is 0.332 e. The van der Waals surface area contributed by atoms with Crippen LogP contribution in [0.5, 0.6) is 5.75 Å². The van der Waals surface area contributed by atoms with Crippen LogP contribution >= 0.6 is 0 Å². The van der Waals surface area contributed by atoms with E-state index < -0.39 is 16.0 Å². The second-order valence-corrected chi connectivity index (χ2v) is 9.27. The lowest BCUT2D eigenvalue weighted by molar-refractivity contribution is -0.149. The summed E-state index contributed by atoms with van der Waals surface area (Å²) in [4.78, 5) is 12.0. The second kappa shape index (κ2) is 10.9. The normalized spacial score (nSPS) is 17.9. The van der Waals surface area contributed by atoms with Crippen LogP contribution in [-0.4, -0.2) is 58.2 Å². The number of sulfonamides is 1. The Bertz CT molecular complexity index is 769. The molecule has 1 aliphatic rings. The van der Waals surface area contributed by atoms with Gasteiger partial charge in [-0.1, -0.05) is 19.8 Å². The van der Waals surface area contributed by atoms with Gasteiger partial charge in [-0.15, -0.1) is 0 Å². The predicted molar refractivity (Wildman–Crippen MR) is 111 cm³/mol. The number of hydrogen-bond acceptors (Lipinski definition) is 6. The number of methoxy groups -OCH3 is 1. The van der Waals surface area contributed by atoms with Crippen molar-refractivity contribution in [1.82, 2.24) is 4.31 Å². The number of piperidine rings is 1. The Morgan fingerprint density at radius 3 is 2.52 bits per heavy atom. The van der Waals surface area contributed by atoms with E-state index in [2.05, 4.69) is 0 Å². The van der Waals surface area contributed by atoms with E-state index in [1.165, 1.54) is 4.31 Å². The Kier molecular flexibility index (Phi) is 8.92. The quantitative estimate of drug-likeness (QED) is 0.421.